The van der Waals surface area contributed by atoms with Gasteiger partial charge >= 0.3 is 0 Å². The maximum Gasteiger partial charge on any atom is 0.259 e. The lowest BCUT2D eigenvalue weighted by Crippen LogP contribution is -2.32. The van der Waals surface area contributed by atoms with Crippen LogP contribution >= 0.6 is 35.1 Å². The Balaban J connectivity index is 1.63. The second-order valence-corrected chi connectivity index (χ2v) is 8.19. The van der Waals surface area contributed by atoms with Crippen LogP contribution in [-0.4, -0.2) is 56.2 Å². The predicted octanol–water partition coefficient (Wildman–Crippen LogP) is 2.61. The van der Waals surface area contributed by atoms with Gasteiger partial charge in [0.1, 0.15) is 0 Å². The van der Waals surface area contributed by atoms with Crippen molar-refractivity contribution in [2.24, 2.45) is 4.99 Å². The molecule has 26 heavy (non-hydrogen) atoms. The average Bonchev–Trinajstić information content (AvgIpc) is 3.25. The highest BCUT2D eigenvalue weighted by Gasteiger charge is 2.07. The van der Waals surface area contributed by atoms with Gasteiger partial charge in [-0.25, -0.2) is 4.98 Å². The molecule has 0 saturated carbocycles. The fraction of sp³-hybridized carbons (Fsp3) is 0.533. The van der Waals surface area contributed by atoms with Gasteiger partial charge in [-0.3, -0.25) is 15.1 Å². The van der Waals surface area contributed by atoms with Crippen LogP contribution in [0.5, 0.6) is 0 Å². The summed E-state index contributed by atoms with van der Waals surface area (Å²) in [4.78, 5) is 22.1. The number of H-pyrrole nitrogens is 1. The van der Waals surface area contributed by atoms with Crippen molar-refractivity contribution in [3.05, 3.63) is 45.0 Å². The zero-order valence-corrected chi connectivity index (χ0v) is 17.0. The van der Waals surface area contributed by atoms with Gasteiger partial charge in [0, 0.05) is 45.6 Å². The first-order valence-electron chi connectivity index (χ1n) is 8.07. The Hall–Kier alpha value is -1.59. The summed E-state index contributed by atoms with van der Waals surface area (Å²) in [5.41, 5.74) is 3.19. The molecule has 0 aliphatic heterocycles. The molecule has 11 heteroatoms. The van der Waals surface area contributed by atoms with Gasteiger partial charge in [-0.05, 0) is 24.5 Å². The molecule has 0 spiro atoms. The molecule has 0 aliphatic rings. The van der Waals surface area contributed by atoms with Crippen molar-refractivity contribution in [1.29, 1.82) is 0 Å². The molecule has 0 amide bonds. The Labute approximate surface area is 165 Å². The molecular weight excluding hydrogens is 392 g/mol. The number of nitro groups is 1. The van der Waals surface area contributed by atoms with Gasteiger partial charge < -0.3 is 10.3 Å². The number of hydrogen-bond acceptors (Lipinski definition) is 8. The van der Waals surface area contributed by atoms with E-state index in [-0.39, 0.29) is 11.5 Å². The molecule has 0 bridgehead atoms. The highest BCUT2D eigenvalue weighted by Crippen LogP contribution is 2.12. The first kappa shape index (κ1) is 20.7. The SMILES string of the molecule is Cc1[nH]cnc1CSCCN=C(C[N+](=O)[O-])NCCSCc1ccsn1. The summed E-state index contributed by atoms with van der Waals surface area (Å²) in [7, 11) is 0. The molecule has 0 aromatic carbocycles. The van der Waals surface area contributed by atoms with Crippen molar-refractivity contribution in [3.8, 4) is 0 Å². The van der Waals surface area contributed by atoms with E-state index in [0.717, 1.165) is 40.1 Å². The van der Waals surface area contributed by atoms with Crippen LogP contribution in [0.1, 0.15) is 17.1 Å². The summed E-state index contributed by atoms with van der Waals surface area (Å²) < 4.78 is 4.25. The molecule has 0 fully saturated rings. The first-order valence-corrected chi connectivity index (χ1v) is 11.2. The lowest BCUT2D eigenvalue weighted by atomic mass is 10.4. The van der Waals surface area contributed by atoms with Crippen LogP contribution in [0.2, 0.25) is 0 Å². The fourth-order valence-corrected chi connectivity index (χ4v) is 4.22. The molecule has 0 saturated heterocycles. The van der Waals surface area contributed by atoms with Crippen molar-refractivity contribution in [3.63, 3.8) is 0 Å². The Morgan fingerprint density at radius 3 is 2.96 bits per heavy atom. The van der Waals surface area contributed by atoms with E-state index < -0.39 is 0 Å². The lowest BCUT2D eigenvalue weighted by Gasteiger charge is -2.06. The molecule has 0 unspecified atom stereocenters. The van der Waals surface area contributed by atoms with Gasteiger partial charge in [0.2, 0.25) is 0 Å². The van der Waals surface area contributed by atoms with Crippen LogP contribution in [0.15, 0.2) is 22.8 Å². The summed E-state index contributed by atoms with van der Waals surface area (Å²) >= 11 is 4.91. The minimum Gasteiger partial charge on any atom is -0.368 e. The summed E-state index contributed by atoms with van der Waals surface area (Å²) in [5, 5.41) is 15.8. The van der Waals surface area contributed by atoms with Crippen LogP contribution in [0, 0.1) is 17.0 Å². The lowest BCUT2D eigenvalue weighted by molar-refractivity contribution is -0.463. The van der Waals surface area contributed by atoms with E-state index in [2.05, 4.69) is 24.7 Å². The average molecular weight is 415 g/mol. The number of aromatic nitrogens is 3. The molecule has 8 nitrogen and oxygen atoms in total. The summed E-state index contributed by atoms with van der Waals surface area (Å²) in [6, 6.07) is 2.01. The van der Waals surface area contributed by atoms with Gasteiger partial charge in [0.05, 0.1) is 24.3 Å². The van der Waals surface area contributed by atoms with E-state index >= 15 is 0 Å². The third kappa shape index (κ3) is 8.19. The van der Waals surface area contributed by atoms with Crippen molar-refractivity contribution in [2.75, 3.05) is 31.1 Å². The maximum absolute atomic E-state index is 10.8. The van der Waals surface area contributed by atoms with E-state index in [4.69, 9.17) is 0 Å². The van der Waals surface area contributed by atoms with Crippen molar-refractivity contribution < 1.29 is 4.92 Å². The highest BCUT2D eigenvalue weighted by atomic mass is 32.2. The quantitative estimate of drug-likeness (QED) is 0.181. The normalized spacial score (nSPS) is 11.7. The van der Waals surface area contributed by atoms with Crippen molar-refractivity contribution in [2.45, 2.75) is 18.4 Å². The minimum atomic E-state index is -0.353. The Morgan fingerprint density at radius 1 is 1.42 bits per heavy atom. The Bertz CT molecular complexity index is 689. The molecule has 0 aliphatic carbocycles. The molecule has 0 radical (unpaired) electrons. The minimum absolute atomic E-state index is 0.264. The first-order chi connectivity index (χ1) is 12.6. The van der Waals surface area contributed by atoms with Crippen LogP contribution < -0.4 is 5.32 Å². The molecule has 2 aromatic rings. The van der Waals surface area contributed by atoms with Crippen molar-refractivity contribution in [1.82, 2.24) is 19.7 Å². The molecule has 2 rings (SSSR count). The second-order valence-electron chi connectivity index (χ2n) is 5.32. The number of amidine groups is 1. The number of rotatable bonds is 12. The molecular formula is C15H22N6O2S3. The van der Waals surface area contributed by atoms with Crippen LogP contribution in [0.3, 0.4) is 0 Å². The van der Waals surface area contributed by atoms with E-state index in [1.807, 2.05) is 18.4 Å². The summed E-state index contributed by atoms with van der Waals surface area (Å²) in [6.45, 7) is 2.93. The van der Waals surface area contributed by atoms with E-state index in [1.54, 1.807) is 29.9 Å². The number of imidazole rings is 1. The second kappa shape index (κ2) is 11.9. The van der Waals surface area contributed by atoms with Crippen LogP contribution in [-0.2, 0) is 11.5 Å². The van der Waals surface area contributed by atoms with Crippen molar-refractivity contribution >= 4 is 40.9 Å². The standard InChI is InChI=1S/C15H22N6O2S3/c1-12-14(19-11-18-12)10-25-7-4-17-15(8-21(22)23)16-3-6-24-9-13-2-5-26-20-13/h2,5,11H,3-4,6-10H2,1H3,(H,16,17)(H,18,19). The molecule has 0 atom stereocenters. The maximum atomic E-state index is 10.8. The zero-order chi connectivity index (χ0) is 18.6. The largest absolute Gasteiger partial charge is 0.368 e. The zero-order valence-electron chi connectivity index (χ0n) is 14.5. The summed E-state index contributed by atoms with van der Waals surface area (Å²) in [6.07, 6.45) is 1.69. The molecule has 2 aromatic heterocycles. The molecule has 2 heterocycles. The number of hydrogen-bond donors (Lipinski definition) is 2. The third-order valence-electron chi connectivity index (χ3n) is 3.31. The van der Waals surface area contributed by atoms with E-state index in [9.17, 15) is 10.1 Å². The number of aryl methyl sites for hydroxylation is 1. The highest BCUT2D eigenvalue weighted by molar-refractivity contribution is 7.98. The van der Waals surface area contributed by atoms with Crippen LogP contribution in [0.25, 0.3) is 0 Å². The number of nitrogens with one attached hydrogen (secondary N) is 2. The van der Waals surface area contributed by atoms with Crippen LogP contribution in [0.4, 0.5) is 0 Å². The van der Waals surface area contributed by atoms with E-state index in [0.29, 0.717) is 18.9 Å². The number of aliphatic imine (C=N–C) groups is 1. The van der Waals surface area contributed by atoms with Gasteiger partial charge in [0.25, 0.3) is 6.54 Å². The summed E-state index contributed by atoms with van der Waals surface area (Å²) in [5.74, 6) is 3.77. The monoisotopic (exact) mass is 414 g/mol. The van der Waals surface area contributed by atoms with Gasteiger partial charge in [-0.15, -0.1) is 0 Å². The van der Waals surface area contributed by atoms with Gasteiger partial charge in [0.15, 0.2) is 5.84 Å². The van der Waals surface area contributed by atoms with E-state index in [1.165, 1.54) is 11.5 Å². The Kier molecular flexibility index (Phi) is 9.50. The van der Waals surface area contributed by atoms with Gasteiger partial charge in [-0.1, -0.05) is 0 Å². The molecule has 142 valence electrons. The fourth-order valence-electron chi connectivity index (χ4n) is 1.99. The number of thioether (sulfide) groups is 2. The smallest absolute Gasteiger partial charge is 0.259 e. The topological polar surface area (TPSA) is 109 Å². The number of nitrogens with zero attached hydrogens (tertiary/aromatic N) is 4. The predicted molar refractivity (Wildman–Crippen MR) is 110 cm³/mol. The molecule has 2 N–H and O–H groups in total. The number of aromatic amines is 1. The van der Waals surface area contributed by atoms with Gasteiger partial charge in [-0.2, -0.15) is 27.9 Å². The third-order valence-corrected chi connectivity index (χ3v) is 5.85. The Morgan fingerprint density at radius 2 is 2.27 bits per heavy atom.